The van der Waals surface area contributed by atoms with Crippen LogP contribution in [0.15, 0.2) is 53.0 Å². The highest BCUT2D eigenvalue weighted by atomic mass is 16.3. The van der Waals surface area contributed by atoms with E-state index in [1.807, 2.05) is 29.2 Å². The number of aromatic nitrogens is 1. The third-order valence-corrected chi connectivity index (χ3v) is 5.19. The van der Waals surface area contributed by atoms with Gasteiger partial charge in [-0.15, -0.1) is 0 Å². The fourth-order valence-corrected chi connectivity index (χ4v) is 3.46. The van der Waals surface area contributed by atoms with Crippen molar-refractivity contribution in [2.45, 2.75) is 13.8 Å². The number of piperazine rings is 1. The van der Waals surface area contributed by atoms with Crippen LogP contribution in [0.3, 0.4) is 0 Å². The molecule has 1 aliphatic heterocycles. The topological polar surface area (TPSA) is 49.6 Å². The Hall–Kier alpha value is -3.08. The minimum absolute atomic E-state index is 0.00197. The number of hydrogen-bond acceptors (Lipinski definition) is 4. The number of benzene rings is 2. The highest BCUT2D eigenvalue weighted by Gasteiger charge is 2.21. The lowest BCUT2D eigenvalue weighted by atomic mass is 10.1. The Morgan fingerprint density at radius 2 is 1.81 bits per heavy atom. The van der Waals surface area contributed by atoms with E-state index in [0.717, 1.165) is 24.2 Å². The molecule has 4 rings (SSSR count). The smallest absolute Gasteiger partial charge is 0.246 e. The minimum atomic E-state index is -0.00197. The molecule has 1 saturated heterocycles. The summed E-state index contributed by atoms with van der Waals surface area (Å²) in [7, 11) is 0. The van der Waals surface area contributed by atoms with E-state index in [1.54, 1.807) is 12.2 Å². The number of nitrogens with zero attached hydrogens (tertiary/aromatic N) is 3. The molecule has 0 radical (unpaired) electrons. The van der Waals surface area contributed by atoms with Gasteiger partial charge in [0.15, 0.2) is 5.58 Å². The predicted molar refractivity (Wildman–Crippen MR) is 108 cm³/mol. The Morgan fingerprint density at radius 1 is 1.04 bits per heavy atom. The van der Waals surface area contributed by atoms with Gasteiger partial charge in [-0.2, -0.15) is 0 Å². The summed E-state index contributed by atoms with van der Waals surface area (Å²) in [5.41, 5.74) is 5.41. The van der Waals surface area contributed by atoms with E-state index in [4.69, 9.17) is 4.42 Å². The fraction of sp³-hybridized carbons (Fsp3) is 0.273. The zero-order valence-electron chi connectivity index (χ0n) is 15.7. The van der Waals surface area contributed by atoms with Crippen LogP contribution in [0.1, 0.15) is 17.0 Å². The SMILES string of the molecule is Cc1cccc(N2CCN(C(=O)/C=C/c3nc4ccccc4o3)CC2)c1C. The van der Waals surface area contributed by atoms with E-state index in [2.05, 4.69) is 41.9 Å². The molecule has 1 amide bonds. The highest BCUT2D eigenvalue weighted by Crippen LogP contribution is 2.24. The maximum atomic E-state index is 12.5. The number of para-hydroxylation sites is 2. The van der Waals surface area contributed by atoms with Crippen LogP contribution in [0.2, 0.25) is 0 Å². The highest BCUT2D eigenvalue weighted by molar-refractivity contribution is 5.91. The quantitative estimate of drug-likeness (QED) is 0.666. The van der Waals surface area contributed by atoms with Gasteiger partial charge in [-0.1, -0.05) is 24.3 Å². The van der Waals surface area contributed by atoms with Gasteiger partial charge in [0, 0.05) is 44.0 Å². The van der Waals surface area contributed by atoms with Gasteiger partial charge in [-0.3, -0.25) is 4.79 Å². The second-order valence-corrected chi connectivity index (χ2v) is 6.88. The lowest BCUT2D eigenvalue weighted by molar-refractivity contribution is -0.126. The first kappa shape index (κ1) is 17.3. The zero-order valence-corrected chi connectivity index (χ0v) is 15.7. The first-order valence-electron chi connectivity index (χ1n) is 9.25. The van der Waals surface area contributed by atoms with Crippen molar-refractivity contribution in [1.29, 1.82) is 0 Å². The molecule has 5 heteroatoms. The van der Waals surface area contributed by atoms with Crippen molar-refractivity contribution < 1.29 is 9.21 Å². The number of fused-ring (bicyclic) bond motifs is 1. The van der Waals surface area contributed by atoms with Crippen molar-refractivity contribution in [3.63, 3.8) is 0 Å². The lowest BCUT2D eigenvalue weighted by Crippen LogP contribution is -2.48. The van der Waals surface area contributed by atoms with Gasteiger partial charge in [0.25, 0.3) is 0 Å². The molecule has 2 heterocycles. The van der Waals surface area contributed by atoms with Crippen LogP contribution in [-0.2, 0) is 4.79 Å². The van der Waals surface area contributed by atoms with Crippen LogP contribution in [0.25, 0.3) is 17.2 Å². The summed E-state index contributed by atoms with van der Waals surface area (Å²) in [6.07, 6.45) is 3.21. The summed E-state index contributed by atoms with van der Waals surface area (Å²) in [5, 5.41) is 0. The molecule has 0 aliphatic carbocycles. The number of aryl methyl sites for hydroxylation is 1. The van der Waals surface area contributed by atoms with E-state index in [0.29, 0.717) is 19.0 Å². The average molecular weight is 361 g/mol. The molecule has 1 fully saturated rings. The van der Waals surface area contributed by atoms with Gasteiger partial charge >= 0.3 is 0 Å². The molecule has 2 aromatic carbocycles. The summed E-state index contributed by atoms with van der Waals surface area (Å²) in [5.74, 6) is 0.455. The van der Waals surface area contributed by atoms with Crippen molar-refractivity contribution in [3.05, 3.63) is 65.6 Å². The fourth-order valence-electron chi connectivity index (χ4n) is 3.46. The molecule has 0 bridgehead atoms. The summed E-state index contributed by atoms with van der Waals surface area (Å²) in [4.78, 5) is 21.1. The van der Waals surface area contributed by atoms with Crippen molar-refractivity contribution in [2.75, 3.05) is 31.1 Å². The van der Waals surface area contributed by atoms with Gasteiger partial charge in [0.1, 0.15) is 5.52 Å². The van der Waals surface area contributed by atoms with E-state index in [-0.39, 0.29) is 5.91 Å². The van der Waals surface area contributed by atoms with Crippen LogP contribution in [-0.4, -0.2) is 42.0 Å². The third kappa shape index (κ3) is 3.58. The molecule has 1 aromatic heterocycles. The van der Waals surface area contributed by atoms with Crippen molar-refractivity contribution in [3.8, 4) is 0 Å². The van der Waals surface area contributed by atoms with Gasteiger partial charge < -0.3 is 14.2 Å². The third-order valence-electron chi connectivity index (χ3n) is 5.19. The molecule has 27 heavy (non-hydrogen) atoms. The summed E-state index contributed by atoms with van der Waals surface area (Å²) in [6, 6.07) is 14.0. The van der Waals surface area contributed by atoms with Crippen LogP contribution in [0.5, 0.6) is 0 Å². The maximum absolute atomic E-state index is 12.5. The van der Waals surface area contributed by atoms with E-state index in [1.165, 1.54) is 16.8 Å². The molecule has 5 nitrogen and oxygen atoms in total. The predicted octanol–water partition coefficient (Wildman–Crippen LogP) is 3.81. The first-order chi connectivity index (χ1) is 13.1. The molecule has 0 spiro atoms. The van der Waals surface area contributed by atoms with Crippen molar-refractivity contribution >= 4 is 28.8 Å². The van der Waals surface area contributed by atoms with Crippen LogP contribution < -0.4 is 4.90 Å². The number of oxazole rings is 1. The Labute approximate surface area is 158 Å². The molecule has 0 unspecified atom stereocenters. The zero-order chi connectivity index (χ0) is 18.8. The van der Waals surface area contributed by atoms with Crippen LogP contribution in [0.4, 0.5) is 5.69 Å². The molecule has 0 atom stereocenters. The number of carbonyl (C=O) groups is 1. The first-order valence-corrected chi connectivity index (χ1v) is 9.25. The molecule has 1 aliphatic rings. The van der Waals surface area contributed by atoms with E-state index in [9.17, 15) is 4.79 Å². The van der Waals surface area contributed by atoms with E-state index < -0.39 is 0 Å². The van der Waals surface area contributed by atoms with Crippen molar-refractivity contribution in [2.24, 2.45) is 0 Å². The lowest BCUT2D eigenvalue weighted by Gasteiger charge is -2.36. The summed E-state index contributed by atoms with van der Waals surface area (Å²) >= 11 is 0. The largest absolute Gasteiger partial charge is 0.437 e. The molecule has 0 N–H and O–H groups in total. The number of rotatable bonds is 3. The Bertz CT molecular complexity index is 965. The summed E-state index contributed by atoms with van der Waals surface area (Å²) < 4.78 is 5.63. The average Bonchev–Trinajstić information content (AvgIpc) is 3.11. The van der Waals surface area contributed by atoms with Crippen LogP contribution in [0, 0.1) is 13.8 Å². The monoisotopic (exact) mass is 361 g/mol. The molecular formula is C22H23N3O2. The number of anilines is 1. The van der Waals surface area contributed by atoms with Crippen molar-refractivity contribution in [1.82, 2.24) is 9.88 Å². The molecule has 3 aromatic rings. The number of hydrogen-bond donors (Lipinski definition) is 0. The Kier molecular flexibility index (Phi) is 4.67. The second kappa shape index (κ2) is 7.27. The summed E-state index contributed by atoms with van der Waals surface area (Å²) in [6.45, 7) is 7.40. The van der Waals surface area contributed by atoms with Crippen LogP contribution >= 0.6 is 0 Å². The molecular weight excluding hydrogens is 338 g/mol. The van der Waals surface area contributed by atoms with Gasteiger partial charge in [0.05, 0.1) is 0 Å². The standard InChI is InChI=1S/C22H23N3O2/c1-16-6-5-8-19(17(16)2)24-12-14-25(15-13-24)22(26)11-10-21-23-18-7-3-4-9-20(18)27-21/h3-11H,12-15H2,1-2H3/b11-10+. The molecule has 0 saturated carbocycles. The number of amides is 1. The second-order valence-electron chi connectivity index (χ2n) is 6.88. The Morgan fingerprint density at radius 3 is 2.59 bits per heavy atom. The minimum Gasteiger partial charge on any atom is -0.437 e. The normalized spacial score (nSPS) is 15.0. The van der Waals surface area contributed by atoms with Gasteiger partial charge in [-0.25, -0.2) is 4.98 Å². The van der Waals surface area contributed by atoms with Gasteiger partial charge in [0.2, 0.25) is 11.8 Å². The maximum Gasteiger partial charge on any atom is 0.246 e. The van der Waals surface area contributed by atoms with Gasteiger partial charge in [-0.05, 0) is 43.2 Å². The number of carbonyl (C=O) groups excluding carboxylic acids is 1. The van der Waals surface area contributed by atoms with E-state index >= 15 is 0 Å². The Balaban J connectivity index is 1.39. The molecule has 138 valence electrons.